The Labute approximate surface area is 130 Å². The van der Waals surface area contributed by atoms with Gasteiger partial charge >= 0.3 is 0 Å². The first-order valence-electron chi connectivity index (χ1n) is 7.31. The molecule has 1 aliphatic rings. The molecule has 0 amide bonds. The molecule has 0 saturated heterocycles. The van der Waals surface area contributed by atoms with Crippen LogP contribution < -0.4 is 10.6 Å². The molecule has 0 radical (unpaired) electrons. The zero-order chi connectivity index (χ0) is 15.3. The number of anilines is 2. The van der Waals surface area contributed by atoms with E-state index in [0.717, 1.165) is 23.4 Å². The summed E-state index contributed by atoms with van der Waals surface area (Å²) >= 11 is 0. The third-order valence-corrected chi connectivity index (χ3v) is 3.64. The summed E-state index contributed by atoms with van der Waals surface area (Å²) in [6.07, 6.45) is 7.47. The third-order valence-electron chi connectivity index (χ3n) is 3.64. The van der Waals surface area contributed by atoms with E-state index in [0.29, 0.717) is 6.42 Å². The van der Waals surface area contributed by atoms with Gasteiger partial charge in [0.2, 0.25) is 0 Å². The first-order valence-corrected chi connectivity index (χ1v) is 7.31. The minimum Gasteiger partial charge on any atom is -0.370 e. The lowest BCUT2D eigenvalue weighted by molar-refractivity contribution is -0.110. The van der Waals surface area contributed by atoms with Gasteiger partial charge < -0.3 is 15.4 Å². The minimum atomic E-state index is -0.677. The van der Waals surface area contributed by atoms with Gasteiger partial charge in [0.25, 0.3) is 0 Å². The van der Waals surface area contributed by atoms with Gasteiger partial charge in [-0.25, -0.2) is 0 Å². The van der Waals surface area contributed by atoms with Crippen molar-refractivity contribution >= 4 is 17.7 Å². The summed E-state index contributed by atoms with van der Waals surface area (Å²) in [7, 11) is 0. The number of hydrogen-bond donors (Lipinski definition) is 2. The number of nitrogens with one attached hydrogen (secondary N) is 2. The third kappa shape index (κ3) is 3.26. The summed E-state index contributed by atoms with van der Waals surface area (Å²) in [5.74, 6) is 0. The molecule has 2 aromatic rings. The lowest BCUT2D eigenvalue weighted by Crippen LogP contribution is -2.38. The van der Waals surface area contributed by atoms with E-state index >= 15 is 0 Å². The highest BCUT2D eigenvalue weighted by molar-refractivity contribution is 5.76. The monoisotopic (exact) mass is 290 g/mol. The normalized spacial score (nSPS) is 20.1. The molecule has 3 rings (SSSR count). The van der Waals surface area contributed by atoms with E-state index in [2.05, 4.69) is 10.6 Å². The first-order chi connectivity index (χ1) is 10.8. The van der Waals surface area contributed by atoms with Crippen molar-refractivity contribution in [1.29, 1.82) is 0 Å². The SMILES string of the molecule is O=CC1(Nc2ccccc2)C=CC(Nc2ccccc2)=CC1. The molecule has 0 heterocycles. The van der Waals surface area contributed by atoms with E-state index in [-0.39, 0.29) is 0 Å². The van der Waals surface area contributed by atoms with Crippen molar-refractivity contribution in [3.05, 3.63) is 84.6 Å². The second-order valence-corrected chi connectivity index (χ2v) is 5.34. The maximum Gasteiger partial charge on any atom is 0.149 e. The van der Waals surface area contributed by atoms with Crippen LogP contribution in [0, 0.1) is 0 Å². The van der Waals surface area contributed by atoms with Crippen molar-refractivity contribution in [2.24, 2.45) is 0 Å². The predicted molar refractivity (Wildman–Crippen MR) is 90.8 cm³/mol. The number of para-hydroxylation sites is 2. The first kappa shape index (κ1) is 14.1. The van der Waals surface area contributed by atoms with Crippen LogP contribution in [-0.2, 0) is 4.79 Å². The molecule has 0 aliphatic heterocycles. The number of carbonyl (C=O) groups is 1. The molecule has 1 atom stereocenters. The van der Waals surface area contributed by atoms with Gasteiger partial charge in [0, 0.05) is 23.5 Å². The molecule has 2 aromatic carbocycles. The average molecular weight is 290 g/mol. The summed E-state index contributed by atoms with van der Waals surface area (Å²) < 4.78 is 0. The molecule has 0 spiro atoms. The van der Waals surface area contributed by atoms with Crippen molar-refractivity contribution in [2.75, 3.05) is 10.6 Å². The second-order valence-electron chi connectivity index (χ2n) is 5.34. The number of aldehydes is 1. The van der Waals surface area contributed by atoms with Crippen LogP contribution in [0.4, 0.5) is 11.4 Å². The van der Waals surface area contributed by atoms with Crippen LogP contribution in [0.25, 0.3) is 0 Å². The van der Waals surface area contributed by atoms with Crippen LogP contribution >= 0.6 is 0 Å². The van der Waals surface area contributed by atoms with E-state index < -0.39 is 5.54 Å². The smallest absolute Gasteiger partial charge is 0.149 e. The maximum absolute atomic E-state index is 11.6. The van der Waals surface area contributed by atoms with Crippen molar-refractivity contribution in [2.45, 2.75) is 12.0 Å². The Morgan fingerprint density at radius 3 is 2.09 bits per heavy atom. The van der Waals surface area contributed by atoms with Crippen LogP contribution in [0.5, 0.6) is 0 Å². The fourth-order valence-electron chi connectivity index (χ4n) is 2.43. The van der Waals surface area contributed by atoms with Gasteiger partial charge in [-0.2, -0.15) is 0 Å². The number of rotatable bonds is 5. The quantitative estimate of drug-likeness (QED) is 0.818. The Morgan fingerprint density at radius 2 is 1.55 bits per heavy atom. The minimum absolute atomic E-state index is 0.608. The number of carbonyl (C=O) groups excluding carboxylic acids is 1. The van der Waals surface area contributed by atoms with Gasteiger partial charge in [-0.05, 0) is 36.4 Å². The van der Waals surface area contributed by atoms with Crippen molar-refractivity contribution in [3.8, 4) is 0 Å². The molecular formula is C19H18N2O. The lowest BCUT2D eigenvalue weighted by Gasteiger charge is -2.29. The molecule has 3 nitrogen and oxygen atoms in total. The molecule has 0 fully saturated rings. The number of hydrogen-bond acceptors (Lipinski definition) is 3. The van der Waals surface area contributed by atoms with Gasteiger partial charge in [-0.1, -0.05) is 42.5 Å². The zero-order valence-electron chi connectivity index (χ0n) is 12.2. The van der Waals surface area contributed by atoms with Gasteiger partial charge in [-0.3, -0.25) is 0 Å². The fourth-order valence-corrected chi connectivity index (χ4v) is 2.43. The van der Waals surface area contributed by atoms with Crippen LogP contribution in [0.3, 0.4) is 0 Å². The molecule has 1 aliphatic carbocycles. The predicted octanol–water partition coefficient (Wildman–Crippen LogP) is 3.99. The number of benzene rings is 2. The van der Waals surface area contributed by atoms with Crippen LogP contribution in [0.15, 0.2) is 84.6 Å². The van der Waals surface area contributed by atoms with E-state index in [1.165, 1.54) is 0 Å². The molecule has 3 heteroatoms. The van der Waals surface area contributed by atoms with E-state index in [1.54, 1.807) is 0 Å². The molecular weight excluding hydrogens is 272 g/mol. The molecule has 22 heavy (non-hydrogen) atoms. The lowest BCUT2D eigenvalue weighted by atomic mass is 9.91. The highest BCUT2D eigenvalue weighted by Gasteiger charge is 2.27. The van der Waals surface area contributed by atoms with E-state index in [4.69, 9.17) is 0 Å². The van der Waals surface area contributed by atoms with Crippen molar-refractivity contribution < 1.29 is 4.79 Å². The summed E-state index contributed by atoms with van der Waals surface area (Å²) in [5.41, 5.74) is 2.29. The average Bonchev–Trinajstić information content (AvgIpc) is 2.59. The fraction of sp³-hybridized carbons (Fsp3) is 0.105. The molecule has 0 aromatic heterocycles. The Bertz CT molecular complexity index is 692. The standard InChI is InChI=1S/C19H18N2O/c22-15-19(21-18-9-5-2-6-10-18)13-11-17(12-14-19)20-16-7-3-1-4-8-16/h1-13,15,20-21H,14H2. The molecule has 1 unspecified atom stereocenters. The zero-order valence-corrected chi connectivity index (χ0v) is 12.2. The second kappa shape index (κ2) is 6.31. The van der Waals surface area contributed by atoms with E-state index in [1.807, 2.05) is 78.9 Å². The number of allylic oxidation sites excluding steroid dienone is 1. The van der Waals surface area contributed by atoms with Crippen LogP contribution in [0.1, 0.15) is 6.42 Å². The van der Waals surface area contributed by atoms with E-state index in [9.17, 15) is 4.79 Å². The van der Waals surface area contributed by atoms with Gasteiger partial charge in [0.05, 0.1) is 0 Å². The Morgan fingerprint density at radius 1 is 0.909 bits per heavy atom. The molecule has 0 bridgehead atoms. The van der Waals surface area contributed by atoms with Crippen molar-refractivity contribution in [1.82, 2.24) is 0 Å². The Balaban J connectivity index is 1.71. The summed E-state index contributed by atoms with van der Waals surface area (Å²) in [5, 5.41) is 6.64. The highest BCUT2D eigenvalue weighted by Crippen LogP contribution is 2.25. The Kier molecular flexibility index (Phi) is 4.05. The Hall–Kier alpha value is -2.81. The largest absolute Gasteiger partial charge is 0.370 e. The topological polar surface area (TPSA) is 41.1 Å². The van der Waals surface area contributed by atoms with Crippen LogP contribution in [-0.4, -0.2) is 11.8 Å². The van der Waals surface area contributed by atoms with Gasteiger partial charge in [0.1, 0.15) is 11.8 Å². The molecule has 110 valence electrons. The van der Waals surface area contributed by atoms with Crippen molar-refractivity contribution in [3.63, 3.8) is 0 Å². The molecule has 0 saturated carbocycles. The van der Waals surface area contributed by atoms with Gasteiger partial charge in [-0.15, -0.1) is 0 Å². The molecule has 2 N–H and O–H groups in total. The van der Waals surface area contributed by atoms with Crippen LogP contribution in [0.2, 0.25) is 0 Å². The highest BCUT2D eigenvalue weighted by atomic mass is 16.1. The summed E-state index contributed by atoms with van der Waals surface area (Å²) in [4.78, 5) is 11.6. The maximum atomic E-state index is 11.6. The summed E-state index contributed by atoms with van der Waals surface area (Å²) in [6, 6.07) is 19.8. The summed E-state index contributed by atoms with van der Waals surface area (Å²) in [6.45, 7) is 0. The van der Waals surface area contributed by atoms with Gasteiger partial charge in [0.15, 0.2) is 0 Å².